The largest absolute Gasteiger partial charge is 0.374 e. The summed E-state index contributed by atoms with van der Waals surface area (Å²) in [5.41, 5.74) is 7.62. The van der Waals surface area contributed by atoms with Gasteiger partial charge in [-0.3, -0.25) is 4.99 Å². The lowest BCUT2D eigenvalue weighted by molar-refractivity contribution is 0.304. The minimum atomic E-state index is 0.217. The van der Waals surface area contributed by atoms with Crippen LogP contribution in [0, 0.1) is 5.92 Å². The Morgan fingerprint density at radius 1 is 1.12 bits per heavy atom. The standard InChI is InChI=1S/C32H38N2/c1-4-32(5-2)30-22-24(12-16-26-10-6-8-20-33-26)14-18-28(30)29-19-15-25(23-31(29)32)13-17-27-11-7-9-21-34(27)3/h6-9,11-12,14-16,18-20,22-23,26,28,30H,4-5,10,13,17,21H2,1-3H3. The van der Waals surface area contributed by atoms with Gasteiger partial charge < -0.3 is 4.90 Å². The predicted molar refractivity (Wildman–Crippen MR) is 146 cm³/mol. The molecule has 2 aliphatic heterocycles. The third-order valence-corrected chi connectivity index (χ3v) is 8.52. The summed E-state index contributed by atoms with van der Waals surface area (Å²) in [7, 11) is 2.20. The highest BCUT2D eigenvalue weighted by Gasteiger charge is 2.48. The van der Waals surface area contributed by atoms with Gasteiger partial charge in [0.15, 0.2) is 0 Å². The molecule has 34 heavy (non-hydrogen) atoms. The van der Waals surface area contributed by atoms with Gasteiger partial charge in [0.1, 0.15) is 0 Å². The molecule has 2 nitrogen and oxygen atoms in total. The van der Waals surface area contributed by atoms with Crippen molar-refractivity contribution in [2.45, 2.75) is 63.3 Å². The van der Waals surface area contributed by atoms with Crippen molar-refractivity contribution in [1.82, 2.24) is 4.90 Å². The second kappa shape index (κ2) is 9.78. The number of benzene rings is 1. The van der Waals surface area contributed by atoms with E-state index >= 15 is 0 Å². The summed E-state index contributed by atoms with van der Waals surface area (Å²) in [5, 5.41) is 0. The first kappa shape index (κ1) is 22.9. The number of hydrogen-bond donors (Lipinski definition) is 0. The van der Waals surface area contributed by atoms with Crippen LogP contribution in [0.4, 0.5) is 0 Å². The lowest BCUT2D eigenvalue weighted by Crippen LogP contribution is -2.31. The van der Waals surface area contributed by atoms with Crippen molar-refractivity contribution in [1.29, 1.82) is 0 Å². The van der Waals surface area contributed by atoms with E-state index in [1.54, 1.807) is 11.1 Å². The van der Waals surface area contributed by atoms with E-state index in [1.165, 1.54) is 29.7 Å². The number of rotatable bonds is 7. The lowest BCUT2D eigenvalue weighted by atomic mass is 9.67. The van der Waals surface area contributed by atoms with Crippen LogP contribution in [0.15, 0.2) is 95.2 Å². The van der Waals surface area contributed by atoms with Gasteiger partial charge in [0.05, 0.1) is 6.04 Å². The predicted octanol–water partition coefficient (Wildman–Crippen LogP) is 7.23. The van der Waals surface area contributed by atoms with Crippen LogP contribution in [0.3, 0.4) is 0 Å². The Hall–Kier alpha value is -2.87. The lowest BCUT2D eigenvalue weighted by Gasteiger charge is -2.36. The van der Waals surface area contributed by atoms with E-state index in [0.717, 1.165) is 25.8 Å². The van der Waals surface area contributed by atoms with Crippen molar-refractivity contribution in [2.24, 2.45) is 10.9 Å². The molecule has 1 aromatic carbocycles. The molecule has 0 N–H and O–H groups in total. The Balaban J connectivity index is 1.40. The number of aryl methyl sites for hydroxylation is 1. The minimum Gasteiger partial charge on any atom is -0.374 e. The molecule has 0 bridgehead atoms. The molecule has 0 radical (unpaired) electrons. The van der Waals surface area contributed by atoms with E-state index < -0.39 is 0 Å². The van der Waals surface area contributed by atoms with Crippen molar-refractivity contribution in [3.8, 4) is 0 Å². The Labute approximate surface area is 205 Å². The smallest absolute Gasteiger partial charge is 0.0717 e. The van der Waals surface area contributed by atoms with Gasteiger partial charge >= 0.3 is 0 Å². The van der Waals surface area contributed by atoms with Crippen LogP contribution in [-0.2, 0) is 11.8 Å². The molecule has 4 aliphatic rings. The van der Waals surface area contributed by atoms with Crippen molar-refractivity contribution in [3.05, 3.63) is 107 Å². The molecule has 0 saturated carbocycles. The molecule has 2 aliphatic carbocycles. The fraction of sp³-hybridized carbons (Fsp3) is 0.406. The van der Waals surface area contributed by atoms with Gasteiger partial charge in [0.2, 0.25) is 0 Å². The molecule has 3 atom stereocenters. The zero-order valence-electron chi connectivity index (χ0n) is 21.0. The van der Waals surface area contributed by atoms with Crippen LogP contribution in [0.5, 0.6) is 0 Å². The van der Waals surface area contributed by atoms with Gasteiger partial charge in [0.25, 0.3) is 0 Å². The van der Waals surface area contributed by atoms with Crippen LogP contribution in [0.1, 0.15) is 62.1 Å². The van der Waals surface area contributed by atoms with E-state index in [-0.39, 0.29) is 11.5 Å². The average Bonchev–Trinajstić information content (AvgIpc) is 3.16. The van der Waals surface area contributed by atoms with Crippen LogP contribution >= 0.6 is 0 Å². The molecular formula is C32H38N2. The monoisotopic (exact) mass is 450 g/mol. The molecule has 3 unspecified atom stereocenters. The zero-order valence-corrected chi connectivity index (χ0v) is 21.0. The van der Waals surface area contributed by atoms with Gasteiger partial charge in [-0.05, 0) is 72.4 Å². The molecule has 2 heterocycles. The summed E-state index contributed by atoms with van der Waals surface area (Å²) in [6.45, 7) is 5.80. The first-order valence-corrected chi connectivity index (χ1v) is 13.1. The van der Waals surface area contributed by atoms with Gasteiger partial charge in [0, 0.05) is 36.8 Å². The summed E-state index contributed by atoms with van der Waals surface area (Å²) >= 11 is 0. The number of fused-ring (bicyclic) bond motifs is 3. The van der Waals surface area contributed by atoms with E-state index in [2.05, 4.69) is 104 Å². The van der Waals surface area contributed by atoms with Crippen LogP contribution in [0.25, 0.3) is 0 Å². The van der Waals surface area contributed by atoms with Crippen LogP contribution in [-0.4, -0.2) is 30.7 Å². The van der Waals surface area contributed by atoms with Crippen molar-refractivity contribution < 1.29 is 0 Å². The third-order valence-electron chi connectivity index (χ3n) is 8.52. The Bertz CT molecular complexity index is 1120. The molecule has 0 aromatic heterocycles. The second-order valence-corrected chi connectivity index (χ2v) is 10.2. The first-order valence-electron chi connectivity index (χ1n) is 13.1. The fourth-order valence-corrected chi connectivity index (χ4v) is 6.41. The second-order valence-electron chi connectivity index (χ2n) is 10.2. The molecule has 176 valence electrons. The summed E-state index contributed by atoms with van der Waals surface area (Å²) in [6, 6.07) is 7.66. The molecule has 0 fully saturated rings. The van der Waals surface area contributed by atoms with Crippen LogP contribution in [0.2, 0.25) is 0 Å². The van der Waals surface area contributed by atoms with E-state index in [1.807, 2.05) is 12.3 Å². The molecule has 5 rings (SSSR count). The average molecular weight is 451 g/mol. The Kier molecular flexibility index (Phi) is 6.59. The number of hydrogen-bond acceptors (Lipinski definition) is 2. The number of dihydropyridines is 1. The van der Waals surface area contributed by atoms with Gasteiger partial charge in [-0.25, -0.2) is 0 Å². The highest BCUT2D eigenvalue weighted by atomic mass is 15.1. The Morgan fingerprint density at radius 2 is 2.00 bits per heavy atom. The number of aliphatic imine (C=N–C) groups is 1. The first-order chi connectivity index (χ1) is 16.6. The molecule has 1 aromatic rings. The van der Waals surface area contributed by atoms with E-state index in [9.17, 15) is 0 Å². The third kappa shape index (κ3) is 4.19. The minimum absolute atomic E-state index is 0.217. The highest BCUT2D eigenvalue weighted by molar-refractivity contribution is 5.72. The highest BCUT2D eigenvalue weighted by Crippen LogP contribution is 2.57. The summed E-state index contributed by atoms with van der Waals surface area (Å²) < 4.78 is 0. The molecule has 0 saturated heterocycles. The summed E-state index contributed by atoms with van der Waals surface area (Å²) in [4.78, 5) is 6.94. The quantitative estimate of drug-likeness (QED) is 0.428. The molecule has 2 heteroatoms. The number of nitrogens with zero attached hydrogens (tertiary/aromatic N) is 2. The fourth-order valence-electron chi connectivity index (χ4n) is 6.41. The van der Waals surface area contributed by atoms with Crippen molar-refractivity contribution in [2.75, 3.05) is 13.6 Å². The van der Waals surface area contributed by atoms with E-state index in [0.29, 0.717) is 11.8 Å². The SMILES string of the molecule is CCC1(CC)c2cc(CCC3=CC=CCN3C)ccc2C2C=CC(C=CC3CC=CC=N3)=CC21. The summed E-state index contributed by atoms with van der Waals surface area (Å²) in [6.07, 6.45) is 30.3. The van der Waals surface area contributed by atoms with Gasteiger partial charge in [-0.2, -0.15) is 0 Å². The summed E-state index contributed by atoms with van der Waals surface area (Å²) in [5.74, 6) is 1.03. The Morgan fingerprint density at radius 3 is 2.76 bits per heavy atom. The maximum atomic E-state index is 4.58. The van der Waals surface area contributed by atoms with Gasteiger partial charge in [-0.1, -0.05) is 80.7 Å². The topological polar surface area (TPSA) is 15.6 Å². The maximum absolute atomic E-state index is 4.58. The molecular weight excluding hydrogens is 412 g/mol. The van der Waals surface area contributed by atoms with E-state index in [4.69, 9.17) is 0 Å². The van der Waals surface area contributed by atoms with Crippen molar-refractivity contribution in [3.63, 3.8) is 0 Å². The molecule has 0 spiro atoms. The number of likely N-dealkylation sites (N-methyl/N-ethyl adjacent to an activating group) is 1. The number of allylic oxidation sites excluding steroid dienone is 9. The molecule has 0 amide bonds. The van der Waals surface area contributed by atoms with Gasteiger partial charge in [-0.15, -0.1) is 0 Å². The maximum Gasteiger partial charge on any atom is 0.0717 e. The normalized spacial score (nSPS) is 26.6. The van der Waals surface area contributed by atoms with Crippen molar-refractivity contribution >= 4 is 6.21 Å². The van der Waals surface area contributed by atoms with Crippen LogP contribution < -0.4 is 0 Å². The zero-order chi connectivity index (χ0) is 23.5.